The molecule has 3 rings (SSSR count). The molecule has 0 spiro atoms. The molecule has 1 aliphatic carbocycles. The highest BCUT2D eigenvalue weighted by atomic mass is 35.5. The van der Waals surface area contributed by atoms with Gasteiger partial charge in [0.05, 0.1) is 12.1 Å². The van der Waals surface area contributed by atoms with Gasteiger partial charge in [-0.15, -0.1) is 0 Å². The third-order valence-electron chi connectivity index (χ3n) is 5.95. The van der Waals surface area contributed by atoms with Crippen LogP contribution in [-0.4, -0.2) is 36.9 Å². The predicted molar refractivity (Wildman–Crippen MR) is 122 cm³/mol. The fourth-order valence-corrected chi connectivity index (χ4v) is 4.72. The molecule has 0 radical (unpaired) electrons. The maximum absolute atomic E-state index is 12.2. The minimum atomic E-state index is -0.554. The normalized spacial score (nSPS) is 16.8. The molecule has 0 saturated heterocycles. The number of hydrogen-bond donors (Lipinski definition) is 2. The number of nitrogens with one attached hydrogen (secondary N) is 1. The van der Waals surface area contributed by atoms with Crippen LogP contribution >= 0.6 is 11.6 Å². The molecule has 0 aromatic heterocycles. The number of benzene rings is 2. The predicted octanol–water partition coefficient (Wildman–Crippen LogP) is 4.93. The van der Waals surface area contributed by atoms with E-state index in [9.17, 15) is 9.90 Å². The van der Waals surface area contributed by atoms with E-state index in [1.165, 1.54) is 13.5 Å². The van der Waals surface area contributed by atoms with Crippen LogP contribution in [-0.2, 0) is 16.0 Å². The van der Waals surface area contributed by atoms with E-state index in [0.29, 0.717) is 6.42 Å². The maximum atomic E-state index is 12.2. The lowest BCUT2D eigenvalue weighted by Gasteiger charge is -2.33. The van der Waals surface area contributed by atoms with Crippen molar-refractivity contribution in [1.82, 2.24) is 5.32 Å². The van der Waals surface area contributed by atoms with E-state index in [4.69, 9.17) is 16.3 Å². The quantitative estimate of drug-likeness (QED) is 0.625. The number of hydrogen-bond acceptors (Lipinski definition) is 3. The van der Waals surface area contributed by atoms with Gasteiger partial charge in [-0.1, -0.05) is 61.2 Å². The zero-order valence-electron chi connectivity index (χ0n) is 17.9. The van der Waals surface area contributed by atoms with Gasteiger partial charge in [0.1, 0.15) is 6.61 Å². The van der Waals surface area contributed by atoms with Crippen LogP contribution in [0.4, 0.5) is 0 Å². The molecule has 1 amide bonds. The molecule has 30 heavy (non-hydrogen) atoms. The zero-order chi connectivity index (χ0) is 21.5. The van der Waals surface area contributed by atoms with Crippen molar-refractivity contribution in [1.29, 1.82) is 0 Å². The first-order valence-electron chi connectivity index (χ1n) is 10.8. The van der Waals surface area contributed by atoms with E-state index < -0.39 is 6.10 Å². The first-order valence-corrected chi connectivity index (χ1v) is 11.2. The number of carbonyl (C=O) groups is 1. The number of methoxy groups -OCH3 is 1. The summed E-state index contributed by atoms with van der Waals surface area (Å²) in [5.41, 5.74) is 4.38. The molecule has 2 atom stereocenters. The first-order chi connectivity index (χ1) is 14.5. The second kappa shape index (κ2) is 10.9. The first kappa shape index (κ1) is 22.8. The SMILES string of the molecule is COCC(=O)N[C@@H](Cc1ccc(-c2cc(C)cc(Cl)c2)cc1)[C@H](O)C1CCCCC1. The Morgan fingerprint density at radius 1 is 1.13 bits per heavy atom. The molecule has 2 aromatic rings. The Labute approximate surface area is 184 Å². The number of aliphatic hydroxyl groups is 1. The molecule has 2 aromatic carbocycles. The van der Waals surface area contributed by atoms with Gasteiger partial charge in [-0.3, -0.25) is 4.79 Å². The van der Waals surface area contributed by atoms with Crippen LogP contribution < -0.4 is 5.32 Å². The molecular formula is C25H32ClNO3. The summed E-state index contributed by atoms with van der Waals surface area (Å²) >= 11 is 6.20. The van der Waals surface area contributed by atoms with Crippen LogP contribution in [0.3, 0.4) is 0 Å². The zero-order valence-corrected chi connectivity index (χ0v) is 18.6. The van der Waals surface area contributed by atoms with Gasteiger partial charge < -0.3 is 15.2 Å². The van der Waals surface area contributed by atoms with Crippen molar-refractivity contribution >= 4 is 17.5 Å². The number of aliphatic hydroxyl groups excluding tert-OH is 1. The Morgan fingerprint density at radius 3 is 2.47 bits per heavy atom. The van der Waals surface area contributed by atoms with Gasteiger partial charge in [-0.25, -0.2) is 0 Å². The summed E-state index contributed by atoms with van der Waals surface area (Å²) in [5, 5.41) is 14.8. The van der Waals surface area contributed by atoms with Gasteiger partial charge in [-0.2, -0.15) is 0 Å². The van der Waals surface area contributed by atoms with Crippen molar-refractivity contribution in [3.05, 3.63) is 58.6 Å². The van der Waals surface area contributed by atoms with Crippen molar-refractivity contribution < 1.29 is 14.6 Å². The van der Waals surface area contributed by atoms with E-state index in [2.05, 4.69) is 35.6 Å². The molecule has 4 nitrogen and oxygen atoms in total. The molecule has 1 fully saturated rings. The fraction of sp³-hybridized carbons (Fsp3) is 0.480. The molecule has 5 heteroatoms. The molecule has 2 N–H and O–H groups in total. The van der Waals surface area contributed by atoms with E-state index in [-0.39, 0.29) is 24.5 Å². The summed E-state index contributed by atoms with van der Waals surface area (Å²) in [4.78, 5) is 12.2. The van der Waals surface area contributed by atoms with Crippen molar-refractivity contribution in [3.63, 3.8) is 0 Å². The van der Waals surface area contributed by atoms with Crippen LogP contribution in [0.2, 0.25) is 5.02 Å². The summed E-state index contributed by atoms with van der Waals surface area (Å²) in [5.74, 6) is 0.0451. The monoisotopic (exact) mass is 429 g/mol. The topological polar surface area (TPSA) is 58.6 Å². The van der Waals surface area contributed by atoms with Crippen LogP contribution in [0.25, 0.3) is 11.1 Å². The average Bonchev–Trinajstić information content (AvgIpc) is 2.73. The molecule has 0 unspecified atom stereocenters. The fourth-order valence-electron chi connectivity index (χ4n) is 4.43. The second-order valence-electron chi connectivity index (χ2n) is 8.41. The van der Waals surface area contributed by atoms with Crippen LogP contribution in [0.1, 0.15) is 43.2 Å². The highest BCUT2D eigenvalue weighted by Crippen LogP contribution is 2.29. The van der Waals surface area contributed by atoms with E-state index in [0.717, 1.165) is 53.0 Å². The highest BCUT2D eigenvalue weighted by Gasteiger charge is 2.30. The molecule has 0 heterocycles. The lowest BCUT2D eigenvalue weighted by Crippen LogP contribution is -2.49. The Hall–Kier alpha value is -1.88. The largest absolute Gasteiger partial charge is 0.391 e. The standard InChI is InChI=1S/C25H32ClNO3/c1-17-12-21(15-22(26)13-17)19-10-8-18(9-11-19)14-23(27-24(28)16-30-2)25(29)20-6-4-3-5-7-20/h8-13,15,20,23,25,29H,3-7,14,16H2,1-2H3,(H,27,28)/t23-,25+/m0/s1. The summed E-state index contributed by atoms with van der Waals surface area (Å²) in [6.45, 7) is 2.03. The Morgan fingerprint density at radius 2 is 1.83 bits per heavy atom. The molecule has 1 aliphatic rings. The third kappa shape index (κ3) is 6.31. The minimum Gasteiger partial charge on any atom is -0.391 e. The van der Waals surface area contributed by atoms with Gasteiger partial charge >= 0.3 is 0 Å². The molecule has 1 saturated carbocycles. The number of carbonyl (C=O) groups excluding carboxylic acids is 1. The van der Waals surface area contributed by atoms with Gasteiger partial charge in [0.15, 0.2) is 0 Å². The van der Waals surface area contributed by atoms with Crippen LogP contribution in [0, 0.1) is 12.8 Å². The molecule has 0 bridgehead atoms. The number of ether oxygens (including phenoxy) is 1. The van der Waals surface area contributed by atoms with Crippen molar-refractivity contribution in [2.45, 2.75) is 57.6 Å². The third-order valence-corrected chi connectivity index (χ3v) is 6.17. The van der Waals surface area contributed by atoms with Crippen molar-refractivity contribution in [2.75, 3.05) is 13.7 Å². The summed E-state index contributed by atoms with van der Waals surface area (Å²) in [7, 11) is 1.50. The van der Waals surface area contributed by atoms with Gasteiger partial charge in [0, 0.05) is 12.1 Å². The molecular weight excluding hydrogens is 398 g/mol. The van der Waals surface area contributed by atoms with Gasteiger partial charge in [0.25, 0.3) is 0 Å². The van der Waals surface area contributed by atoms with E-state index in [1.54, 1.807) is 0 Å². The van der Waals surface area contributed by atoms with Gasteiger partial charge in [0.2, 0.25) is 5.91 Å². The number of aryl methyl sites for hydroxylation is 1. The lowest BCUT2D eigenvalue weighted by atomic mass is 9.81. The van der Waals surface area contributed by atoms with Gasteiger partial charge in [-0.05, 0) is 66.5 Å². The van der Waals surface area contributed by atoms with Crippen LogP contribution in [0.15, 0.2) is 42.5 Å². The van der Waals surface area contributed by atoms with Crippen molar-refractivity contribution in [3.8, 4) is 11.1 Å². The Balaban J connectivity index is 1.74. The summed E-state index contributed by atoms with van der Waals surface area (Å²) in [6.07, 6.45) is 5.59. The second-order valence-corrected chi connectivity index (χ2v) is 8.85. The molecule has 0 aliphatic heterocycles. The minimum absolute atomic E-state index is 0.000935. The maximum Gasteiger partial charge on any atom is 0.246 e. The number of rotatable bonds is 8. The number of amides is 1. The summed E-state index contributed by atoms with van der Waals surface area (Å²) < 4.78 is 4.96. The smallest absolute Gasteiger partial charge is 0.246 e. The Bertz CT molecular complexity index is 811. The Kier molecular flexibility index (Phi) is 8.32. The summed E-state index contributed by atoms with van der Waals surface area (Å²) in [6, 6.07) is 14.0. The molecule has 162 valence electrons. The van der Waals surface area contributed by atoms with E-state index >= 15 is 0 Å². The lowest BCUT2D eigenvalue weighted by molar-refractivity contribution is -0.126. The van der Waals surface area contributed by atoms with Crippen LogP contribution in [0.5, 0.6) is 0 Å². The highest BCUT2D eigenvalue weighted by molar-refractivity contribution is 6.30. The van der Waals surface area contributed by atoms with Crippen molar-refractivity contribution in [2.24, 2.45) is 5.92 Å². The number of halogens is 1. The van der Waals surface area contributed by atoms with E-state index in [1.807, 2.05) is 19.1 Å². The average molecular weight is 430 g/mol.